The molecule has 1 N–H and O–H groups in total. The molecule has 204 valence electrons. The zero-order valence-electron chi connectivity index (χ0n) is 21.5. The second-order valence-electron chi connectivity index (χ2n) is 8.13. The molecule has 0 saturated carbocycles. The maximum absolute atomic E-state index is 15.1. The monoisotopic (exact) mass is 564 g/mol. The molecule has 0 unspecified atom stereocenters. The van der Waals surface area contributed by atoms with E-state index in [1.54, 1.807) is 31.3 Å². The zero-order chi connectivity index (χ0) is 28.2. The molecule has 0 radical (unpaired) electrons. The van der Waals surface area contributed by atoms with Crippen LogP contribution in [-0.2, 0) is 0 Å². The summed E-state index contributed by atoms with van der Waals surface area (Å²) < 4.78 is 38.5. The number of halogens is 2. The van der Waals surface area contributed by atoms with E-state index in [4.69, 9.17) is 30.5 Å². The Morgan fingerprint density at radius 1 is 0.950 bits per heavy atom. The molecule has 0 spiro atoms. The van der Waals surface area contributed by atoms with Gasteiger partial charge < -0.3 is 24.3 Å². The van der Waals surface area contributed by atoms with E-state index in [0.717, 1.165) is 6.07 Å². The molecule has 3 heterocycles. The number of fused-ring (bicyclic) bond motifs is 1. The molecule has 0 aliphatic carbocycles. The summed E-state index contributed by atoms with van der Waals surface area (Å²) in [6.07, 6.45) is 5.88. The van der Waals surface area contributed by atoms with Crippen molar-refractivity contribution >= 4 is 34.1 Å². The fourth-order valence-electron chi connectivity index (χ4n) is 3.86. The normalized spacial score (nSPS) is 10.8. The van der Waals surface area contributed by atoms with E-state index in [1.165, 1.54) is 49.6 Å². The number of hydrogen-bond donors (Lipinski definition) is 1. The van der Waals surface area contributed by atoms with Gasteiger partial charge in [-0.15, -0.1) is 0 Å². The van der Waals surface area contributed by atoms with Gasteiger partial charge in [0.25, 0.3) is 5.91 Å². The summed E-state index contributed by atoms with van der Waals surface area (Å²) in [7, 11) is 3.04. The Morgan fingerprint density at radius 3 is 2.45 bits per heavy atom. The third-order valence-electron chi connectivity index (χ3n) is 5.67. The topological polar surface area (TPSA) is 123 Å². The van der Waals surface area contributed by atoms with Crippen molar-refractivity contribution in [1.82, 2.24) is 24.7 Å². The predicted octanol–water partition coefficient (Wildman–Crippen LogP) is 5.46. The number of aromatic nitrogens is 5. The minimum absolute atomic E-state index is 0.0445. The summed E-state index contributed by atoms with van der Waals surface area (Å²) in [5, 5.41) is 7.57. The first kappa shape index (κ1) is 26.6. The highest BCUT2D eigenvalue weighted by molar-refractivity contribution is 6.30. The van der Waals surface area contributed by atoms with Gasteiger partial charge in [0.1, 0.15) is 5.75 Å². The highest BCUT2D eigenvalue weighted by Gasteiger charge is 2.21. The number of pyridine rings is 1. The average Bonchev–Trinajstić information content (AvgIpc) is 3.38. The quantitative estimate of drug-likeness (QED) is 0.248. The van der Waals surface area contributed by atoms with E-state index in [0.29, 0.717) is 28.2 Å². The molecular formula is C27H22ClFN6O5. The Labute approximate surface area is 232 Å². The van der Waals surface area contributed by atoms with E-state index >= 15 is 4.39 Å². The van der Waals surface area contributed by atoms with E-state index < -0.39 is 11.7 Å². The van der Waals surface area contributed by atoms with Crippen molar-refractivity contribution in [1.29, 1.82) is 0 Å². The van der Waals surface area contributed by atoms with Crippen LogP contribution >= 0.6 is 11.6 Å². The first-order valence-corrected chi connectivity index (χ1v) is 12.3. The summed E-state index contributed by atoms with van der Waals surface area (Å²) in [6, 6.07) is 9.05. The zero-order valence-corrected chi connectivity index (χ0v) is 22.3. The van der Waals surface area contributed by atoms with E-state index in [-0.39, 0.29) is 40.5 Å². The van der Waals surface area contributed by atoms with Crippen LogP contribution in [0.1, 0.15) is 17.4 Å². The second kappa shape index (κ2) is 11.4. The van der Waals surface area contributed by atoms with Gasteiger partial charge in [-0.05, 0) is 31.2 Å². The molecule has 0 aliphatic heterocycles. The number of nitrogens with zero attached hydrogens (tertiary/aromatic N) is 5. The number of carbonyl (C=O) groups is 1. The van der Waals surface area contributed by atoms with Gasteiger partial charge in [-0.2, -0.15) is 5.10 Å². The lowest BCUT2D eigenvalue weighted by atomic mass is 10.2. The Morgan fingerprint density at radius 2 is 1.73 bits per heavy atom. The van der Waals surface area contributed by atoms with Crippen molar-refractivity contribution in [3.05, 3.63) is 77.8 Å². The van der Waals surface area contributed by atoms with E-state index in [1.807, 2.05) is 0 Å². The number of amides is 1. The van der Waals surface area contributed by atoms with Crippen molar-refractivity contribution in [2.45, 2.75) is 6.92 Å². The lowest BCUT2D eigenvalue weighted by molar-refractivity contribution is 0.101. The molecule has 5 rings (SSSR count). The molecule has 40 heavy (non-hydrogen) atoms. The summed E-state index contributed by atoms with van der Waals surface area (Å²) in [6.45, 7) is 2.05. The average molecular weight is 565 g/mol. The predicted molar refractivity (Wildman–Crippen MR) is 145 cm³/mol. The third-order valence-corrected chi connectivity index (χ3v) is 5.93. The van der Waals surface area contributed by atoms with Gasteiger partial charge >= 0.3 is 0 Å². The molecule has 1 amide bonds. The summed E-state index contributed by atoms with van der Waals surface area (Å²) in [5.41, 5.74) is 0.707. The number of nitrogens with one attached hydrogen (secondary N) is 1. The molecular weight excluding hydrogens is 543 g/mol. The first-order chi connectivity index (χ1) is 19.4. The van der Waals surface area contributed by atoms with Crippen LogP contribution in [0.3, 0.4) is 0 Å². The maximum atomic E-state index is 15.1. The first-order valence-electron chi connectivity index (χ1n) is 11.9. The van der Waals surface area contributed by atoms with Gasteiger partial charge in [0, 0.05) is 41.8 Å². The minimum Gasteiger partial charge on any atom is -0.493 e. The van der Waals surface area contributed by atoms with Crippen molar-refractivity contribution in [3.8, 4) is 34.6 Å². The maximum Gasteiger partial charge on any atom is 0.280 e. The number of hydrogen-bond acceptors (Lipinski definition) is 9. The van der Waals surface area contributed by atoms with Gasteiger partial charge in [0.2, 0.25) is 0 Å². The number of ether oxygens (including phenoxy) is 4. The highest BCUT2D eigenvalue weighted by Crippen LogP contribution is 2.37. The summed E-state index contributed by atoms with van der Waals surface area (Å²) >= 11 is 6.11. The lowest BCUT2D eigenvalue weighted by Crippen LogP contribution is -2.15. The van der Waals surface area contributed by atoms with Crippen LogP contribution in [0.4, 0.5) is 10.1 Å². The van der Waals surface area contributed by atoms with E-state index in [2.05, 4.69) is 25.4 Å². The number of rotatable bonds is 9. The fourth-order valence-corrected chi connectivity index (χ4v) is 4.05. The molecule has 0 aliphatic rings. The van der Waals surface area contributed by atoms with Crippen molar-refractivity contribution < 1.29 is 28.1 Å². The van der Waals surface area contributed by atoms with Crippen molar-refractivity contribution in [2.24, 2.45) is 0 Å². The fraction of sp³-hybridized carbons (Fsp3) is 0.148. The molecule has 5 aromatic rings. The SMILES string of the molecule is CCOc1cn(-c2nccnc2Cl)nc1C(=O)Nc1ccc(Oc2ccnc3cc(OC)c(OC)cc23)c(F)c1. The minimum atomic E-state index is -0.704. The van der Waals surface area contributed by atoms with Crippen LogP contribution in [0.2, 0.25) is 5.15 Å². The van der Waals surface area contributed by atoms with Crippen LogP contribution in [0.25, 0.3) is 16.7 Å². The Kier molecular flexibility index (Phi) is 7.60. The number of carbonyl (C=O) groups excluding carboxylic acids is 1. The van der Waals surface area contributed by atoms with E-state index in [9.17, 15) is 4.79 Å². The van der Waals surface area contributed by atoms with Gasteiger partial charge in [-0.1, -0.05) is 11.6 Å². The molecule has 0 saturated heterocycles. The lowest BCUT2D eigenvalue weighted by Gasteiger charge is -2.13. The molecule has 11 nitrogen and oxygen atoms in total. The van der Waals surface area contributed by atoms with Crippen LogP contribution in [0.15, 0.2) is 61.2 Å². The highest BCUT2D eigenvalue weighted by atomic mass is 35.5. The van der Waals surface area contributed by atoms with Crippen molar-refractivity contribution in [3.63, 3.8) is 0 Å². The largest absolute Gasteiger partial charge is 0.493 e. The van der Waals surface area contributed by atoms with Crippen LogP contribution in [0.5, 0.6) is 28.7 Å². The van der Waals surface area contributed by atoms with Gasteiger partial charge in [-0.3, -0.25) is 9.78 Å². The van der Waals surface area contributed by atoms with Gasteiger partial charge in [0.05, 0.1) is 32.5 Å². The summed E-state index contributed by atoms with van der Waals surface area (Å²) in [5.74, 6) is 0.356. The molecule has 3 aromatic heterocycles. The second-order valence-corrected chi connectivity index (χ2v) is 8.48. The van der Waals surface area contributed by atoms with Gasteiger partial charge in [-0.25, -0.2) is 19.0 Å². The Hall–Kier alpha value is -4.97. The molecule has 0 bridgehead atoms. The number of methoxy groups -OCH3 is 2. The molecule has 0 atom stereocenters. The molecule has 13 heteroatoms. The van der Waals surface area contributed by atoms with Crippen LogP contribution in [0, 0.1) is 5.82 Å². The Balaban J connectivity index is 1.39. The van der Waals surface area contributed by atoms with Crippen LogP contribution < -0.4 is 24.3 Å². The number of benzene rings is 2. The smallest absolute Gasteiger partial charge is 0.280 e. The van der Waals surface area contributed by atoms with Crippen molar-refractivity contribution in [2.75, 3.05) is 26.1 Å². The third kappa shape index (κ3) is 5.29. The van der Waals surface area contributed by atoms with Gasteiger partial charge in [0.15, 0.2) is 45.5 Å². The molecule has 2 aromatic carbocycles. The molecule has 0 fully saturated rings. The summed E-state index contributed by atoms with van der Waals surface area (Å²) in [4.78, 5) is 25.5. The van der Waals surface area contributed by atoms with Crippen LogP contribution in [-0.4, -0.2) is 51.5 Å². The standard InChI is InChI=1S/C27H22ClFN6O5/c1-4-39-23-14-35(26-25(28)31-9-10-32-26)34-24(23)27(36)33-15-5-6-20(17(29)11-15)40-19-7-8-30-18-13-22(38-3)21(37-2)12-16(18)19/h5-14H,4H2,1-3H3,(H,33,36). The Bertz CT molecular complexity index is 1710. The number of anilines is 1.